The van der Waals surface area contributed by atoms with E-state index in [1.807, 2.05) is 0 Å². The Balaban J connectivity index is -0.000000366. The summed E-state index contributed by atoms with van der Waals surface area (Å²) in [6.07, 6.45) is 14.7. The summed E-state index contributed by atoms with van der Waals surface area (Å²) in [6.45, 7) is 2.29. The van der Waals surface area contributed by atoms with Crippen molar-refractivity contribution >= 4 is 38.3 Å². The Hall–Kier alpha value is 0.830. The molecule has 5 N–H and O–H groups in total. The molecule has 114 valence electrons. The Morgan fingerprint density at radius 1 is 0.789 bits per heavy atom. The molecule has 0 spiro atoms. The molecule has 19 heavy (non-hydrogen) atoms. The first-order valence-electron chi connectivity index (χ1n) is 7.11. The van der Waals surface area contributed by atoms with E-state index in [1.54, 1.807) is 0 Å². The normalized spacial score (nSPS) is 10.4. The second-order valence-corrected chi connectivity index (χ2v) is 6.53. The van der Waals surface area contributed by atoms with E-state index in [-0.39, 0.29) is 6.15 Å². The van der Waals surface area contributed by atoms with Crippen molar-refractivity contribution in [2.75, 3.05) is 0 Å². The molecule has 0 aromatic heterocycles. The van der Waals surface area contributed by atoms with Crippen LogP contribution in [0.1, 0.15) is 71.1 Å². The maximum Gasteiger partial charge on any atom is 0.394 e. The van der Waals surface area contributed by atoms with Crippen molar-refractivity contribution in [3.05, 3.63) is 0 Å². The van der Waals surface area contributed by atoms with Crippen molar-refractivity contribution in [3.63, 3.8) is 0 Å². The zero-order valence-corrected chi connectivity index (χ0v) is 15.4. The summed E-state index contributed by atoms with van der Waals surface area (Å²) in [6, 6.07) is 0. The van der Waals surface area contributed by atoms with E-state index >= 15 is 0 Å². The maximum absolute atomic E-state index is 8.74. The zero-order valence-electron chi connectivity index (χ0n) is 12.6. The van der Waals surface area contributed by atoms with Gasteiger partial charge in [-0.05, 0) is 0 Å². The molecule has 7 heteroatoms. The van der Waals surface area contributed by atoms with Gasteiger partial charge in [0.15, 0.2) is 0 Å². The van der Waals surface area contributed by atoms with Crippen molar-refractivity contribution in [2.24, 2.45) is 0 Å². The quantitative estimate of drug-likeness (QED) is 0.321. The third-order valence-corrected chi connectivity index (χ3v) is 3.41. The van der Waals surface area contributed by atoms with Crippen molar-refractivity contribution in [1.29, 1.82) is 0 Å². The molecule has 0 atom stereocenters. The molecular weight excluding hydrogens is 277 g/mol. The van der Waals surface area contributed by atoms with Gasteiger partial charge in [0.05, 0.1) is 0 Å². The van der Waals surface area contributed by atoms with Crippen LogP contribution >= 0.6 is 0 Å². The van der Waals surface area contributed by atoms with Crippen LogP contribution in [0.25, 0.3) is 0 Å². The molecular formula is C12H30NNaO4S. The summed E-state index contributed by atoms with van der Waals surface area (Å²) >= 11 is 1.41. The first-order valence-corrected chi connectivity index (χ1v) is 9.92. The fraction of sp³-hybridized carbons (Fsp3) is 1.00. The van der Waals surface area contributed by atoms with Crippen molar-refractivity contribution in [1.82, 2.24) is 6.15 Å². The third-order valence-electron chi connectivity index (χ3n) is 2.71. The van der Waals surface area contributed by atoms with Gasteiger partial charge in [-0.1, -0.05) is 0 Å². The molecule has 0 amide bonds. The molecule has 0 radical (unpaired) electrons. The van der Waals surface area contributed by atoms with E-state index < -0.39 is 10.4 Å². The van der Waals surface area contributed by atoms with Crippen LogP contribution in [0.3, 0.4) is 0 Å². The van der Waals surface area contributed by atoms with Gasteiger partial charge in [-0.15, -0.1) is 0 Å². The Bertz CT molecular complexity index is 230. The van der Waals surface area contributed by atoms with E-state index in [0.717, 1.165) is 0 Å². The molecule has 0 unspecified atom stereocenters. The van der Waals surface area contributed by atoms with Gasteiger partial charge in [-0.2, -0.15) is 8.42 Å². The maximum atomic E-state index is 8.74. The van der Waals surface area contributed by atoms with E-state index in [4.69, 9.17) is 17.5 Å². The Morgan fingerprint density at radius 2 is 1.05 bits per heavy atom. The van der Waals surface area contributed by atoms with E-state index in [2.05, 4.69) is 6.92 Å². The van der Waals surface area contributed by atoms with Crippen LogP contribution in [0, 0.1) is 0 Å². The summed E-state index contributed by atoms with van der Waals surface area (Å²) in [5.41, 5.74) is 0. The Labute approximate surface area is 136 Å². The smallest absolute Gasteiger partial charge is 0.344 e. The van der Waals surface area contributed by atoms with Crippen LogP contribution in [-0.2, 0) is 10.4 Å². The predicted molar refractivity (Wildman–Crippen MR) is 81.6 cm³/mol. The summed E-state index contributed by atoms with van der Waals surface area (Å²) in [5.74, 6) is 0. The summed E-state index contributed by atoms with van der Waals surface area (Å²) in [4.78, 5) is 0. The molecule has 5 nitrogen and oxygen atoms in total. The fourth-order valence-electron chi connectivity index (χ4n) is 1.74. The summed E-state index contributed by atoms with van der Waals surface area (Å²) < 4.78 is 33.1. The number of hydrogen-bond donors (Lipinski definition) is 3. The summed E-state index contributed by atoms with van der Waals surface area (Å²) in [7, 11) is -4.67. The molecule has 0 aromatic rings. The second kappa shape index (κ2) is 18.8. The van der Waals surface area contributed by atoms with Crippen LogP contribution in [0.2, 0.25) is 3.67 Å². The van der Waals surface area contributed by atoms with Gasteiger partial charge in [0.25, 0.3) is 0 Å². The fourth-order valence-corrected chi connectivity index (χ4v) is 2.24. The minimum Gasteiger partial charge on any atom is -0.344 e. The molecule has 0 aliphatic rings. The van der Waals surface area contributed by atoms with Gasteiger partial charge in [-0.3, -0.25) is 9.11 Å². The molecule has 0 heterocycles. The van der Waals surface area contributed by atoms with Gasteiger partial charge >= 0.3 is 113 Å². The number of unbranched alkanes of at least 4 members (excludes halogenated alkanes) is 9. The van der Waals surface area contributed by atoms with Gasteiger partial charge in [0, 0.05) is 0 Å². The molecule has 0 aromatic carbocycles. The molecule has 0 bridgehead atoms. The summed E-state index contributed by atoms with van der Waals surface area (Å²) in [5, 5.41) is 0. The third kappa shape index (κ3) is 45.5. The van der Waals surface area contributed by atoms with E-state index in [9.17, 15) is 0 Å². The molecule has 0 aliphatic carbocycles. The van der Waals surface area contributed by atoms with Gasteiger partial charge in [0.2, 0.25) is 0 Å². The Kier molecular flexibility index (Phi) is 24.6. The van der Waals surface area contributed by atoms with Crippen LogP contribution in [0.5, 0.6) is 0 Å². The van der Waals surface area contributed by atoms with Gasteiger partial charge in [-0.25, -0.2) is 0 Å². The molecule has 0 aliphatic heterocycles. The van der Waals surface area contributed by atoms with Crippen LogP contribution in [0.4, 0.5) is 0 Å². The number of hydrogen-bond acceptors (Lipinski definition) is 3. The van der Waals surface area contributed by atoms with Crippen LogP contribution in [0.15, 0.2) is 0 Å². The minimum atomic E-state index is -4.67. The first kappa shape index (κ1) is 24.8. The Morgan fingerprint density at radius 3 is 1.32 bits per heavy atom. The minimum absolute atomic E-state index is 0. The largest absolute Gasteiger partial charge is 0.394 e. The van der Waals surface area contributed by atoms with Crippen LogP contribution in [-0.4, -0.2) is 45.5 Å². The monoisotopic (exact) mass is 307 g/mol. The topological polar surface area (TPSA) is 110 Å². The van der Waals surface area contributed by atoms with E-state index in [1.165, 1.54) is 95.8 Å². The van der Waals surface area contributed by atoms with E-state index in [0.29, 0.717) is 0 Å². The van der Waals surface area contributed by atoms with Crippen molar-refractivity contribution in [3.8, 4) is 0 Å². The van der Waals surface area contributed by atoms with Crippen molar-refractivity contribution < 1.29 is 17.5 Å². The first-order chi connectivity index (χ1) is 8.41. The average Bonchev–Trinajstić information content (AvgIpc) is 2.25. The standard InChI is InChI=1S/C12H25.H3N.Na.H2O4S/c1-3-5-7-9-11-12-10-8-6-4-2;;;1-5(2,3)4/h1,3-12H2,2H3;1H3;;(H2,1,2,3,4). The average molecular weight is 307 g/mol. The number of rotatable bonds is 10. The molecule has 0 saturated carbocycles. The van der Waals surface area contributed by atoms with Crippen LogP contribution < -0.4 is 6.15 Å². The van der Waals surface area contributed by atoms with Gasteiger partial charge < -0.3 is 6.15 Å². The molecule has 0 saturated heterocycles. The SMILES string of the molecule is CCCCCCCCCCC[CH2][Na].N.O=S(=O)(O)O. The second-order valence-electron chi connectivity index (χ2n) is 4.63. The van der Waals surface area contributed by atoms with Crippen molar-refractivity contribution in [2.45, 2.75) is 74.8 Å². The zero-order chi connectivity index (χ0) is 14.3. The molecule has 0 rings (SSSR count). The molecule has 0 fully saturated rings. The van der Waals surface area contributed by atoms with Gasteiger partial charge in [0.1, 0.15) is 0 Å². The predicted octanol–water partition coefficient (Wildman–Crippen LogP) is 4.00.